The van der Waals surface area contributed by atoms with E-state index in [1.165, 1.54) is 4.90 Å². The summed E-state index contributed by atoms with van der Waals surface area (Å²) in [7, 11) is -4.09. The number of rotatable bonds is 13. The molecule has 2 amide bonds. The van der Waals surface area contributed by atoms with E-state index in [2.05, 4.69) is 21.2 Å². The highest BCUT2D eigenvalue weighted by molar-refractivity contribution is 9.10. The van der Waals surface area contributed by atoms with Crippen molar-refractivity contribution in [2.75, 3.05) is 17.4 Å². The van der Waals surface area contributed by atoms with E-state index in [9.17, 15) is 18.0 Å². The molecule has 3 rings (SSSR count). The van der Waals surface area contributed by atoms with Crippen molar-refractivity contribution in [2.24, 2.45) is 0 Å². The summed E-state index contributed by atoms with van der Waals surface area (Å²) in [4.78, 5) is 28.9. The van der Waals surface area contributed by atoms with Gasteiger partial charge in [-0.05, 0) is 68.7 Å². The lowest BCUT2D eigenvalue weighted by Crippen LogP contribution is -2.52. The minimum atomic E-state index is -4.09. The van der Waals surface area contributed by atoms with Gasteiger partial charge in [-0.2, -0.15) is 0 Å². The second-order valence-electron chi connectivity index (χ2n) is 9.88. The number of carbonyl (C=O) groups is 2. The molecule has 7 nitrogen and oxygen atoms in total. The van der Waals surface area contributed by atoms with E-state index in [1.807, 2.05) is 52.0 Å². The van der Waals surface area contributed by atoms with Gasteiger partial charge >= 0.3 is 0 Å². The second-order valence-corrected chi connectivity index (χ2v) is 12.7. The van der Waals surface area contributed by atoms with Crippen LogP contribution >= 0.6 is 15.9 Å². The third kappa shape index (κ3) is 8.17. The van der Waals surface area contributed by atoms with Gasteiger partial charge in [0, 0.05) is 17.6 Å². The van der Waals surface area contributed by atoms with Gasteiger partial charge in [-0.15, -0.1) is 0 Å². The number of amides is 2. The van der Waals surface area contributed by atoms with Crippen LogP contribution < -0.4 is 9.62 Å². The molecule has 0 spiro atoms. The molecule has 1 unspecified atom stereocenters. The smallest absolute Gasteiger partial charge is 0.264 e. The molecule has 3 aromatic carbocycles. The number of nitrogens with zero attached hydrogens (tertiary/aromatic N) is 2. The van der Waals surface area contributed by atoms with Crippen LogP contribution in [0.1, 0.15) is 49.8 Å². The average molecular weight is 629 g/mol. The zero-order valence-electron chi connectivity index (χ0n) is 23.6. The molecular formula is C31H38BrN3O4S. The molecule has 0 saturated carbocycles. The third-order valence-electron chi connectivity index (χ3n) is 6.65. The van der Waals surface area contributed by atoms with Gasteiger partial charge in [0.05, 0.1) is 10.6 Å². The number of nitrogens with one attached hydrogen (secondary N) is 1. The summed E-state index contributed by atoms with van der Waals surface area (Å²) in [5.41, 5.74) is 3.18. The number of halogens is 1. The Kier molecular flexibility index (Phi) is 11.3. The van der Waals surface area contributed by atoms with Crippen LogP contribution in [0.4, 0.5) is 5.69 Å². The lowest BCUT2D eigenvalue weighted by molar-refractivity contribution is -0.140. The topological polar surface area (TPSA) is 86.8 Å². The van der Waals surface area contributed by atoms with E-state index in [0.717, 1.165) is 38.3 Å². The molecule has 0 fully saturated rings. The zero-order valence-corrected chi connectivity index (χ0v) is 26.0. The highest BCUT2D eigenvalue weighted by Crippen LogP contribution is 2.26. The molecule has 214 valence electrons. The summed E-state index contributed by atoms with van der Waals surface area (Å²) < 4.78 is 29.7. The van der Waals surface area contributed by atoms with Crippen LogP contribution in [0.2, 0.25) is 0 Å². The zero-order chi connectivity index (χ0) is 29.3. The average Bonchev–Trinajstić information content (AvgIpc) is 2.92. The van der Waals surface area contributed by atoms with Gasteiger partial charge in [-0.3, -0.25) is 13.9 Å². The van der Waals surface area contributed by atoms with E-state index in [1.54, 1.807) is 48.5 Å². The summed E-state index contributed by atoms with van der Waals surface area (Å²) in [5.74, 6) is -0.703. The van der Waals surface area contributed by atoms with Crippen molar-refractivity contribution < 1.29 is 18.0 Å². The van der Waals surface area contributed by atoms with Crippen molar-refractivity contribution in [3.05, 3.63) is 94.0 Å². The van der Waals surface area contributed by atoms with Gasteiger partial charge in [0.25, 0.3) is 10.0 Å². The fraction of sp³-hybridized carbons (Fsp3) is 0.355. The first-order chi connectivity index (χ1) is 19.1. The van der Waals surface area contributed by atoms with Crippen LogP contribution in [0.3, 0.4) is 0 Å². The molecule has 0 aliphatic rings. The Morgan fingerprint density at radius 1 is 0.925 bits per heavy atom. The molecule has 9 heteroatoms. The SMILES string of the molecule is CCCCNC(=O)C(CC)N(Cc1cccc(C)c1)C(=O)CN(c1ccc(Br)cc1)S(=O)(=O)c1ccc(C)cc1. The van der Waals surface area contributed by atoms with Crippen LogP contribution in [0.5, 0.6) is 0 Å². The van der Waals surface area contributed by atoms with Gasteiger partial charge in [0.2, 0.25) is 11.8 Å². The van der Waals surface area contributed by atoms with Crippen molar-refractivity contribution in [3.63, 3.8) is 0 Å². The molecule has 3 aromatic rings. The summed E-state index contributed by atoms with van der Waals surface area (Å²) in [6, 6.07) is 20.3. The molecule has 0 bridgehead atoms. The first-order valence-electron chi connectivity index (χ1n) is 13.5. The van der Waals surface area contributed by atoms with Crippen molar-refractivity contribution >= 4 is 43.5 Å². The maximum atomic E-state index is 14.1. The van der Waals surface area contributed by atoms with Gasteiger partial charge in [-0.1, -0.05) is 83.7 Å². The third-order valence-corrected chi connectivity index (χ3v) is 8.97. The number of sulfonamides is 1. The number of hydrogen-bond donors (Lipinski definition) is 1. The summed E-state index contributed by atoms with van der Waals surface area (Å²) in [5, 5.41) is 2.95. The molecule has 0 heterocycles. The van der Waals surface area contributed by atoms with Crippen molar-refractivity contribution in [2.45, 2.75) is 64.4 Å². The highest BCUT2D eigenvalue weighted by atomic mass is 79.9. The first-order valence-corrected chi connectivity index (χ1v) is 15.8. The van der Waals surface area contributed by atoms with Gasteiger partial charge < -0.3 is 10.2 Å². The quantitative estimate of drug-likeness (QED) is 0.236. The van der Waals surface area contributed by atoms with Crippen LogP contribution in [0, 0.1) is 13.8 Å². The molecule has 1 atom stereocenters. The molecule has 0 saturated heterocycles. The van der Waals surface area contributed by atoms with Crippen LogP contribution in [-0.4, -0.2) is 44.3 Å². The van der Waals surface area contributed by atoms with Gasteiger partial charge in [-0.25, -0.2) is 8.42 Å². The monoisotopic (exact) mass is 627 g/mol. The molecule has 40 heavy (non-hydrogen) atoms. The molecule has 0 aromatic heterocycles. The minimum Gasteiger partial charge on any atom is -0.354 e. The standard InChI is InChI=1S/C31H38BrN3O4S/c1-5-7-19-33-31(37)29(6-2)34(21-25-10-8-9-24(4)20-25)30(36)22-35(27-15-13-26(32)14-16-27)40(38,39)28-17-11-23(3)12-18-28/h8-18,20,29H,5-7,19,21-22H2,1-4H3,(H,33,37). The molecular weight excluding hydrogens is 590 g/mol. The summed E-state index contributed by atoms with van der Waals surface area (Å²) in [6.45, 7) is 7.99. The van der Waals surface area contributed by atoms with Gasteiger partial charge in [0.15, 0.2) is 0 Å². The predicted octanol–water partition coefficient (Wildman–Crippen LogP) is 5.98. The lowest BCUT2D eigenvalue weighted by atomic mass is 10.1. The summed E-state index contributed by atoms with van der Waals surface area (Å²) in [6.07, 6.45) is 2.15. The number of hydrogen-bond acceptors (Lipinski definition) is 4. The molecule has 1 N–H and O–H groups in total. The van der Waals surface area contributed by atoms with E-state index < -0.39 is 28.5 Å². The maximum Gasteiger partial charge on any atom is 0.264 e. The number of benzene rings is 3. The predicted molar refractivity (Wildman–Crippen MR) is 164 cm³/mol. The fourth-order valence-electron chi connectivity index (χ4n) is 4.41. The maximum absolute atomic E-state index is 14.1. The number of carbonyl (C=O) groups excluding carboxylic acids is 2. The highest BCUT2D eigenvalue weighted by Gasteiger charge is 2.33. The van der Waals surface area contributed by atoms with Crippen molar-refractivity contribution in [1.29, 1.82) is 0 Å². The van der Waals surface area contributed by atoms with Crippen molar-refractivity contribution in [1.82, 2.24) is 10.2 Å². The Morgan fingerprint density at radius 3 is 2.20 bits per heavy atom. The molecule has 0 radical (unpaired) electrons. The molecule has 0 aliphatic heterocycles. The Morgan fingerprint density at radius 2 is 1.60 bits per heavy atom. The lowest BCUT2D eigenvalue weighted by Gasteiger charge is -2.33. The number of aryl methyl sites for hydroxylation is 2. The number of unbranched alkanes of at least 4 members (excludes halogenated alkanes) is 1. The Balaban J connectivity index is 2.03. The Labute approximate surface area is 246 Å². The minimum absolute atomic E-state index is 0.0865. The van der Waals surface area contributed by atoms with Crippen LogP contribution in [0.25, 0.3) is 0 Å². The van der Waals surface area contributed by atoms with Crippen molar-refractivity contribution in [3.8, 4) is 0 Å². The normalized spacial score (nSPS) is 12.0. The Bertz CT molecular complexity index is 1390. The van der Waals surface area contributed by atoms with Gasteiger partial charge in [0.1, 0.15) is 12.6 Å². The van der Waals surface area contributed by atoms with E-state index in [-0.39, 0.29) is 17.3 Å². The van der Waals surface area contributed by atoms with Crippen LogP contribution in [0.15, 0.2) is 82.2 Å². The van der Waals surface area contributed by atoms with E-state index in [0.29, 0.717) is 18.7 Å². The molecule has 0 aliphatic carbocycles. The first kappa shape index (κ1) is 31.4. The second kappa shape index (κ2) is 14.5. The fourth-order valence-corrected chi connectivity index (χ4v) is 6.08. The number of anilines is 1. The van der Waals surface area contributed by atoms with E-state index in [4.69, 9.17) is 0 Å². The summed E-state index contributed by atoms with van der Waals surface area (Å²) >= 11 is 3.40. The largest absolute Gasteiger partial charge is 0.354 e. The Hall–Kier alpha value is -3.17. The van der Waals surface area contributed by atoms with E-state index >= 15 is 0 Å². The van der Waals surface area contributed by atoms with Crippen LogP contribution in [-0.2, 0) is 26.2 Å².